The Balaban J connectivity index is 2.20. The molecule has 1 aliphatic carbocycles. The molecule has 2 nitrogen and oxygen atoms in total. The molecule has 0 spiro atoms. The van der Waals surface area contributed by atoms with Gasteiger partial charge in [-0.05, 0) is 48.9 Å². The minimum absolute atomic E-state index is 0.675. The second-order valence-electron chi connectivity index (χ2n) is 4.07. The molecule has 0 unspecified atom stereocenters. The normalized spacial score (nSPS) is 24.8. The van der Waals surface area contributed by atoms with Crippen LogP contribution in [0.5, 0.6) is 5.75 Å². The molecule has 76 valence electrons. The molecular weight excluding hydrogens is 174 g/mol. The van der Waals surface area contributed by atoms with Gasteiger partial charge in [-0.2, -0.15) is 0 Å². The monoisotopic (exact) mass is 191 g/mol. The fourth-order valence-corrected chi connectivity index (χ4v) is 1.98. The first-order chi connectivity index (χ1) is 6.76. The van der Waals surface area contributed by atoms with E-state index in [1.54, 1.807) is 7.11 Å². The standard InChI is InChI=1S/C12H17NO/c1-8-3-4-9(6-12(8)14-2)11-5-10(11)7-13/h3-4,6,10-11H,5,7,13H2,1-2H3/t10-,11-/m0/s1. The molecule has 0 amide bonds. The molecular formula is C12H17NO. The molecule has 14 heavy (non-hydrogen) atoms. The molecule has 0 bridgehead atoms. The third-order valence-electron chi connectivity index (χ3n) is 3.09. The highest BCUT2D eigenvalue weighted by Crippen LogP contribution is 2.47. The lowest BCUT2D eigenvalue weighted by Crippen LogP contribution is -2.02. The van der Waals surface area contributed by atoms with Gasteiger partial charge in [0.2, 0.25) is 0 Å². The van der Waals surface area contributed by atoms with E-state index in [1.807, 2.05) is 0 Å². The Morgan fingerprint density at radius 3 is 2.86 bits per heavy atom. The van der Waals surface area contributed by atoms with Crippen molar-refractivity contribution >= 4 is 0 Å². The second-order valence-corrected chi connectivity index (χ2v) is 4.07. The first-order valence-corrected chi connectivity index (χ1v) is 5.11. The maximum absolute atomic E-state index is 5.63. The van der Waals surface area contributed by atoms with Gasteiger partial charge in [-0.1, -0.05) is 12.1 Å². The van der Waals surface area contributed by atoms with Crippen LogP contribution in [0.3, 0.4) is 0 Å². The van der Waals surface area contributed by atoms with E-state index in [0.717, 1.165) is 12.3 Å². The third-order valence-corrected chi connectivity index (χ3v) is 3.09. The third kappa shape index (κ3) is 1.62. The van der Waals surface area contributed by atoms with Gasteiger partial charge in [0, 0.05) is 0 Å². The van der Waals surface area contributed by atoms with Gasteiger partial charge in [0.1, 0.15) is 5.75 Å². The zero-order valence-corrected chi connectivity index (χ0v) is 8.79. The SMILES string of the molecule is COc1cc([C@@H]2C[C@H]2CN)ccc1C. The Morgan fingerprint density at radius 2 is 2.29 bits per heavy atom. The van der Waals surface area contributed by atoms with Crippen molar-refractivity contribution < 1.29 is 4.74 Å². The molecule has 2 rings (SSSR count). The minimum Gasteiger partial charge on any atom is -0.496 e. The van der Waals surface area contributed by atoms with Crippen molar-refractivity contribution in [1.29, 1.82) is 0 Å². The predicted molar refractivity (Wildman–Crippen MR) is 57.6 cm³/mol. The van der Waals surface area contributed by atoms with Crippen molar-refractivity contribution in [3.63, 3.8) is 0 Å². The summed E-state index contributed by atoms with van der Waals surface area (Å²) < 4.78 is 5.30. The summed E-state index contributed by atoms with van der Waals surface area (Å²) >= 11 is 0. The van der Waals surface area contributed by atoms with Crippen molar-refractivity contribution in [2.75, 3.05) is 13.7 Å². The van der Waals surface area contributed by atoms with Crippen LogP contribution in [0.15, 0.2) is 18.2 Å². The van der Waals surface area contributed by atoms with Crippen molar-refractivity contribution in [1.82, 2.24) is 0 Å². The summed E-state index contributed by atoms with van der Waals surface area (Å²) in [6.07, 6.45) is 1.24. The van der Waals surface area contributed by atoms with E-state index in [-0.39, 0.29) is 0 Å². The predicted octanol–water partition coefficient (Wildman–Crippen LogP) is 2.07. The molecule has 1 aromatic rings. The zero-order chi connectivity index (χ0) is 10.1. The summed E-state index contributed by atoms with van der Waals surface area (Å²) in [5.41, 5.74) is 8.20. The second kappa shape index (κ2) is 3.62. The zero-order valence-electron chi connectivity index (χ0n) is 8.79. The number of aryl methyl sites for hydroxylation is 1. The first-order valence-electron chi connectivity index (χ1n) is 5.11. The van der Waals surface area contributed by atoms with Crippen LogP contribution in [0.2, 0.25) is 0 Å². The Kier molecular flexibility index (Phi) is 2.46. The van der Waals surface area contributed by atoms with Crippen LogP contribution < -0.4 is 10.5 Å². The lowest BCUT2D eigenvalue weighted by atomic mass is 10.1. The molecule has 0 heterocycles. The van der Waals surface area contributed by atoms with Crippen molar-refractivity contribution in [3.8, 4) is 5.75 Å². The van der Waals surface area contributed by atoms with Gasteiger partial charge in [-0.15, -0.1) is 0 Å². The number of hydrogen-bond acceptors (Lipinski definition) is 2. The van der Waals surface area contributed by atoms with Crippen LogP contribution >= 0.6 is 0 Å². The summed E-state index contributed by atoms with van der Waals surface area (Å²) in [6, 6.07) is 6.47. The van der Waals surface area contributed by atoms with Gasteiger partial charge >= 0.3 is 0 Å². The molecule has 1 aromatic carbocycles. The van der Waals surface area contributed by atoms with Gasteiger partial charge in [0.05, 0.1) is 7.11 Å². The van der Waals surface area contributed by atoms with E-state index in [2.05, 4.69) is 25.1 Å². The van der Waals surface area contributed by atoms with E-state index in [4.69, 9.17) is 10.5 Å². The molecule has 1 fully saturated rings. The van der Waals surface area contributed by atoms with Gasteiger partial charge < -0.3 is 10.5 Å². The van der Waals surface area contributed by atoms with Crippen LogP contribution in [0.4, 0.5) is 0 Å². The summed E-state index contributed by atoms with van der Waals surface area (Å²) in [7, 11) is 1.72. The van der Waals surface area contributed by atoms with Gasteiger partial charge in [0.15, 0.2) is 0 Å². The summed E-state index contributed by atoms with van der Waals surface area (Å²) in [5, 5.41) is 0. The number of rotatable bonds is 3. The summed E-state index contributed by atoms with van der Waals surface area (Å²) in [5.74, 6) is 2.36. The Labute approximate surface area is 85.1 Å². The highest BCUT2D eigenvalue weighted by atomic mass is 16.5. The van der Waals surface area contributed by atoms with Crippen LogP contribution in [-0.2, 0) is 0 Å². The highest BCUT2D eigenvalue weighted by Gasteiger charge is 2.36. The molecule has 2 N–H and O–H groups in total. The molecule has 2 heteroatoms. The van der Waals surface area contributed by atoms with Gasteiger partial charge in [-0.25, -0.2) is 0 Å². The summed E-state index contributed by atoms with van der Waals surface area (Å²) in [6.45, 7) is 2.87. The summed E-state index contributed by atoms with van der Waals surface area (Å²) in [4.78, 5) is 0. The maximum atomic E-state index is 5.63. The van der Waals surface area contributed by atoms with Gasteiger partial charge in [0.25, 0.3) is 0 Å². The van der Waals surface area contributed by atoms with Crippen LogP contribution in [0.1, 0.15) is 23.5 Å². The number of hydrogen-bond donors (Lipinski definition) is 1. The van der Waals surface area contributed by atoms with Crippen molar-refractivity contribution in [2.24, 2.45) is 11.7 Å². The van der Waals surface area contributed by atoms with Crippen LogP contribution in [0, 0.1) is 12.8 Å². The van der Waals surface area contributed by atoms with E-state index >= 15 is 0 Å². The molecule has 0 aromatic heterocycles. The fraction of sp³-hybridized carbons (Fsp3) is 0.500. The maximum Gasteiger partial charge on any atom is 0.122 e. The Hall–Kier alpha value is -1.02. The van der Waals surface area contributed by atoms with E-state index in [9.17, 15) is 0 Å². The number of methoxy groups -OCH3 is 1. The number of benzene rings is 1. The minimum atomic E-state index is 0.675. The highest BCUT2D eigenvalue weighted by molar-refractivity contribution is 5.39. The van der Waals surface area contributed by atoms with Gasteiger partial charge in [-0.3, -0.25) is 0 Å². The molecule has 1 saturated carbocycles. The van der Waals surface area contributed by atoms with E-state index in [0.29, 0.717) is 11.8 Å². The Morgan fingerprint density at radius 1 is 1.50 bits per heavy atom. The van der Waals surface area contributed by atoms with Crippen molar-refractivity contribution in [2.45, 2.75) is 19.3 Å². The smallest absolute Gasteiger partial charge is 0.122 e. The molecule has 0 aliphatic heterocycles. The van der Waals surface area contributed by atoms with E-state index < -0.39 is 0 Å². The lowest BCUT2D eigenvalue weighted by molar-refractivity contribution is 0.411. The average molecular weight is 191 g/mol. The molecule has 0 saturated heterocycles. The average Bonchev–Trinajstić information content (AvgIpc) is 2.98. The molecule has 1 aliphatic rings. The quantitative estimate of drug-likeness (QED) is 0.793. The number of nitrogens with two attached hydrogens (primary N) is 1. The van der Waals surface area contributed by atoms with Crippen LogP contribution in [0.25, 0.3) is 0 Å². The molecule has 2 atom stereocenters. The first kappa shape index (κ1) is 9.53. The van der Waals surface area contributed by atoms with Crippen LogP contribution in [-0.4, -0.2) is 13.7 Å². The largest absolute Gasteiger partial charge is 0.496 e. The lowest BCUT2D eigenvalue weighted by Gasteiger charge is -2.07. The fourth-order valence-electron chi connectivity index (χ4n) is 1.98. The Bertz CT molecular complexity index is 335. The van der Waals surface area contributed by atoms with Crippen molar-refractivity contribution in [3.05, 3.63) is 29.3 Å². The number of ether oxygens (including phenoxy) is 1. The topological polar surface area (TPSA) is 35.2 Å². The molecule has 0 radical (unpaired) electrons. The van der Waals surface area contributed by atoms with E-state index in [1.165, 1.54) is 17.5 Å².